The maximum absolute atomic E-state index is 11.7. The zero-order chi connectivity index (χ0) is 40.4. The van der Waals surface area contributed by atoms with Gasteiger partial charge in [-0.15, -0.1) is 6.58 Å². The van der Waals surface area contributed by atoms with Gasteiger partial charge in [0, 0.05) is 31.7 Å². The third-order valence-electron chi connectivity index (χ3n) is 11.1. The lowest BCUT2D eigenvalue weighted by molar-refractivity contribution is -0.290. The van der Waals surface area contributed by atoms with Crippen molar-refractivity contribution in [1.82, 2.24) is 10.6 Å². The highest BCUT2D eigenvalue weighted by Gasteiger charge is 2.54. The molecule has 0 radical (unpaired) electrons. The van der Waals surface area contributed by atoms with Gasteiger partial charge in [-0.1, -0.05) is 19.4 Å². The summed E-state index contributed by atoms with van der Waals surface area (Å²) in [6.45, 7) is 4.85. The van der Waals surface area contributed by atoms with Gasteiger partial charge in [0.25, 0.3) is 0 Å². The molecule has 1 saturated carbocycles. The van der Waals surface area contributed by atoms with Crippen LogP contribution in [0.1, 0.15) is 51.9 Å². The second-order valence-electron chi connectivity index (χ2n) is 15.4. The molecule has 0 aromatic heterocycles. The summed E-state index contributed by atoms with van der Waals surface area (Å²) in [5.41, 5.74) is 24.0. The molecule has 3 heterocycles. The minimum atomic E-state index is -1.62. The number of aliphatic hydroxyl groups is 8. The van der Waals surface area contributed by atoms with Crippen LogP contribution in [0.25, 0.3) is 0 Å². The molecule has 0 bridgehead atoms. The molecule has 0 amide bonds. The van der Waals surface area contributed by atoms with E-state index >= 15 is 0 Å². The second-order valence-corrected chi connectivity index (χ2v) is 15.4. The SMILES string of the molecule is C=CCCC(O)(CCC)CNCC1CCC(N)C(OC2C(N)CC(NC(CO)CO)C(O)C2OC2OC(CO)C(OC3OC(CN)C(O)C(O)C3N)C2O)O1. The van der Waals surface area contributed by atoms with Gasteiger partial charge in [-0.05, 0) is 38.5 Å². The van der Waals surface area contributed by atoms with Gasteiger partial charge >= 0.3 is 0 Å². The van der Waals surface area contributed by atoms with Gasteiger partial charge in [0.1, 0.15) is 48.8 Å². The van der Waals surface area contributed by atoms with Gasteiger partial charge in [0.05, 0.1) is 55.8 Å². The molecule has 3 aliphatic heterocycles. The summed E-state index contributed by atoms with van der Waals surface area (Å²) in [6, 6.07) is -4.28. The van der Waals surface area contributed by atoms with Crippen LogP contribution in [-0.2, 0) is 28.4 Å². The number of hydrogen-bond acceptors (Lipinski definition) is 20. The van der Waals surface area contributed by atoms with E-state index in [0.29, 0.717) is 45.2 Å². The smallest absolute Gasteiger partial charge is 0.187 e. The van der Waals surface area contributed by atoms with Gasteiger partial charge in [0.2, 0.25) is 0 Å². The molecular formula is C35H68N6O14. The topological polar surface area (TPSA) is 345 Å². The monoisotopic (exact) mass is 796 g/mol. The van der Waals surface area contributed by atoms with Crippen LogP contribution in [0.15, 0.2) is 12.7 Å². The molecule has 18 unspecified atom stereocenters. The van der Waals surface area contributed by atoms with E-state index in [9.17, 15) is 40.9 Å². The Morgan fingerprint density at radius 3 is 2.13 bits per heavy atom. The molecule has 0 aromatic carbocycles. The van der Waals surface area contributed by atoms with E-state index in [0.717, 1.165) is 6.42 Å². The van der Waals surface area contributed by atoms with Gasteiger partial charge in [0.15, 0.2) is 18.9 Å². The molecule has 20 nitrogen and oxygen atoms in total. The fraction of sp³-hybridized carbons (Fsp3) is 0.943. The highest BCUT2D eigenvalue weighted by Crippen LogP contribution is 2.35. The fourth-order valence-corrected chi connectivity index (χ4v) is 7.83. The Kier molecular flexibility index (Phi) is 18.5. The van der Waals surface area contributed by atoms with Gasteiger partial charge < -0.3 is 103 Å². The van der Waals surface area contributed by atoms with Crippen LogP contribution in [0.4, 0.5) is 0 Å². The van der Waals surface area contributed by atoms with E-state index < -0.39 is 129 Å². The first-order valence-electron chi connectivity index (χ1n) is 19.5. The molecule has 322 valence electrons. The summed E-state index contributed by atoms with van der Waals surface area (Å²) in [4.78, 5) is 0. The van der Waals surface area contributed by atoms with Gasteiger partial charge in [-0.25, -0.2) is 0 Å². The minimum Gasteiger partial charge on any atom is -0.395 e. The Morgan fingerprint density at radius 2 is 1.49 bits per heavy atom. The standard InChI is InChI=1S/C35H68N6O14/c1-3-5-9-35(49,8-4-2)16-40-12-18-6-7-19(37)32(50-18)53-29-20(38)10-21(41-17(13-42)14-43)25(45)31(29)55-34-28(48)30(23(15-44)52-34)54-33-24(39)27(47)26(46)22(11-36)51-33/h3,17-34,40-49H,1,4-16,36-39H2,2H3. The number of ether oxygens (including phenoxy) is 6. The zero-order valence-electron chi connectivity index (χ0n) is 31.7. The number of nitrogens with two attached hydrogens (primary N) is 4. The third kappa shape index (κ3) is 11.8. The molecule has 18 atom stereocenters. The van der Waals surface area contributed by atoms with Crippen molar-refractivity contribution in [3.8, 4) is 0 Å². The van der Waals surface area contributed by atoms with E-state index in [2.05, 4.69) is 17.2 Å². The van der Waals surface area contributed by atoms with Crippen LogP contribution < -0.4 is 33.6 Å². The summed E-state index contributed by atoms with van der Waals surface area (Å²) < 4.78 is 36.4. The first kappa shape index (κ1) is 46.6. The van der Waals surface area contributed by atoms with E-state index in [1.54, 1.807) is 6.08 Å². The molecule has 0 aromatic rings. The maximum atomic E-state index is 11.7. The molecule has 20 heteroatoms. The van der Waals surface area contributed by atoms with E-state index in [1.807, 2.05) is 6.92 Å². The van der Waals surface area contributed by atoms with Crippen LogP contribution in [0.2, 0.25) is 0 Å². The van der Waals surface area contributed by atoms with E-state index in [-0.39, 0.29) is 19.1 Å². The van der Waals surface area contributed by atoms with Crippen molar-refractivity contribution >= 4 is 0 Å². The predicted molar refractivity (Wildman–Crippen MR) is 196 cm³/mol. The van der Waals surface area contributed by atoms with Crippen LogP contribution in [0, 0.1) is 0 Å². The first-order chi connectivity index (χ1) is 26.2. The van der Waals surface area contributed by atoms with E-state index in [4.69, 9.17) is 51.4 Å². The summed E-state index contributed by atoms with van der Waals surface area (Å²) >= 11 is 0. The van der Waals surface area contributed by atoms with Crippen LogP contribution >= 0.6 is 0 Å². The Balaban J connectivity index is 1.49. The Hall–Kier alpha value is -1.06. The van der Waals surface area contributed by atoms with Crippen LogP contribution in [-0.4, -0.2) is 196 Å². The second kappa shape index (κ2) is 21.8. The largest absolute Gasteiger partial charge is 0.395 e. The van der Waals surface area contributed by atoms with Crippen molar-refractivity contribution in [2.75, 3.05) is 39.5 Å². The first-order valence-corrected chi connectivity index (χ1v) is 19.5. The van der Waals surface area contributed by atoms with Crippen molar-refractivity contribution in [2.24, 2.45) is 22.9 Å². The number of rotatable bonds is 21. The normalized spacial score (nSPS) is 42.4. The van der Waals surface area contributed by atoms with Crippen molar-refractivity contribution < 1.29 is 69.3 Å². The Labute approximate surface area is 322 Å². The molecule has 4 rings (SSSR count). The average Bonchev–Trinajstić information content (AvgIpc) is 3.47. The highest BCUT2D eigenvalue weighted by molar-refractivity contribution is 5.03. The number of nitrogens with one attached hydrogen (secondary N) is 2. The van der Waals surface area contributed by atoms with Crippen LogP contribution in [0.5, 0.6) is 0 Å². The molecule has 0 spiro atoms. The summed E-state index contributed by atoms with van der Waals surface area (Å²) in [5.74, 6) is 0. The summed E-state index contributed by atoms with van der Waals surface area (Å²) in [6.07, 6.45) is -10.3. The fourth-order valence-electron chi connectivity index (χ4n) is 7.83. The summed E-state index contributed by atoms with van der Waals surface area (Å²) in [7, 11) is 0. The van der Waals surface area contributed by atoms with Gasteiger partial charge in [-0.3, -0.25) is 0 Å². The molecule has 55 heavy (non-hydrogen) atoms. The summed E-state index contributed by atoms with van der Waals surface area (Å²) in [5, 5.41) is 91.0. The lowest BCUT2D eigenvalue weighted by Crippen LogP contribution is -2.67. The lowest BCUT2D eigenvalue weighted by atomic mass is 9.83. The molecule has 4 fully saturated rings. The average molecular weight is 797 g/mol. The number of aliphatic hydroxyl groups excluding tert-OH is 7. The Morgan fingerprint density at radius 1 is 0.818 bits per heavy atom. The maximum Gasteiger partial charge on any atom is 0.187 e. The van der Waals surface area contributed by atoms with Crippen LogP contribution in [0.3, 0.4) is 0 Å². The minimum absolute atomic E-state index is 0.113. The molecule has 3 saturated heterocycles. The quantitative estimate of drug-likeness (QED) is 0.0481. The molecule has 18 N–H and O–H groups in total. The van der Waals surface area contributed by atoms with E-state index in [1.165, 1.54) is 0 Å². The molecular weight excluding hydrogens is 728 g/mol. The van der Waals surface area contributed by atoms with Crippen molar-refractivity contribution in [3.63, 3.8) is 0 Å². The number of hydrogen-bond donors (Lipinski definition) is 14. The molecule has 1 aliphatic carbocycles. The zero-order valence-corrected chi connectivity index (χ0v) is 31.7. The van der Waals surface area contributed by atoms with Gasteiger partial charge in [-0.2, -0.15) is 0 Å². The van der Waals surface area contributed by atoms with Crippen molar-refractivity contribution in [2.45, 2.75) is 168 Å². The molecule has 4 aliphatic rings. The highest BCUT2D eigenvalue weighted by atomic mass is 16.8. The van der Waals surface area contributed by atoms with Crippen molar-refractivity contribution in [1.29, 1.82) is 0 Å². The predicted octanol–water partition coefficient (Wildman–Crippen LogP) is -5.72. The third-order valence-corrected chi connectivity index (χ3v) is 11.1. The lowest BCUT2D eigenvalue weighted by Gasteiger charge is -2.47. The van der Waals surface area contributed by atoms with Crippen molar-refractivity contribution in [3.05, 3.63) is 12.7 Å². The Bertz CT molecular complexity index is 1140. The number of allylic oxidation sites excluding steroid dienone is 1.